The minimum atomic E-state index is -3.56. The summed E-state index contributed by atoms with van der Waals surface area (Å²) in [6.07, 6.45) is 1.72. The number of hydrogen-bond acceptors (Lipinski definition) is 4. The fraction of sp³-hybridized carbons (Fsp3) is 0.500. The average Bonchev–Trinajstić information content (AvgIpc) is 2.27. The standard InChI is InChI=1S/C12H20ClN3O2S/c1-16(2)8-4-3-7-15-19(17,18)12-6-5-10(13)9-11(12)14/h5-6,9,15H,3-4,7-8,14H2,1-2H3. The van der Waals surface area contributed by atoms with Crippen LogP contribution >= 0.6 is 11.6 Å². The van der Waals surface area contributed by atoms with Crippen molar-refractivity contribution in [2.24, 2.45) is 0 Å². The van der Waals surface area contributed by atoms with Crippen molar-refractivity contribution in [3.8, 4) is 0 Å². The second-order valence-corrected chi connectivity index (χ2v) is 6.76. The summed E-state index contributed by atoms with van der Waals surface area (Å²) < 4.78 is 26.6. The number of anilines is 1. The van der Waals surface area contributed by atoms with E-state index < -0.39 is 10.0 Å². The zero-order chi connectivity index (χ0) is 14.5. The molecule has 0 aliphatic carbocycles. The first-order valence-corrected chi connectivity index (χ1v) is 7.88. The summed E-state index contributed by atoms with van der Waals surface area (Å²) in [5, 5.41) is 0.419. The largest absolute Gasteiger partial charge is 0.398 e. The molecule has 0 amide bonds. The summed E-state index contributed by atoms with van der Waals surface area (Å²) in [5.41, 5.74) is 5.83. The SMILES string of the molecule is CN(C)CCCCNS(=O)(=O)c1ccc(Cl)cc1N. The van der Waals surface area contributed by atoms with Crippen molar-refractivity contribution in [1.82, 2.24) is 9.62 Å². The maximum atomic E-state index is 12.0. The maximum absolute atomic E-state index is 12.0. The fourth-order valence-electron chi connectivity index (χ4n) is 1.60. The lowest BCUT2D eigenvalue weighted by Gasteiger charge is -2.11. The van der Waals surface area contributed by atoms with Crippen LogP contribution < -0.4 is 10.5 Å². The third-order valence-corrected chi connectivity index (χ3v) is 4.36. The average molecular weight is 306 g/mol. The molecule has 0 unspecified atom stereocenters. The number of nitrogens with one attached hydrogen (secondary N) is 1. The first-order valence-electron chi connectivity index (χ1n) is 6.02. The summed E-state index contributed by atoms with van der Waals surface area (Å²) in [4.78, 5) is 2.13. The zero-order valence-corrected chi connectivity index (χ0v) is 12.8. The van der Waals surface area contributed by atoms with E-state index in [1.165, 1.54) is 18.2 Å². The Morgan fingerprint density at radius 2 is 2.00 bits per heavy atom. The highest BCUT2D eigenvalue weighted by molar-refractivity contribution is 7.89. The highest BCUT2D eigenvalue weighted by atomic mass is 35.5. The molecule has 0 saturated carbocycles. The molecule has 0 fully saturated rings. The van der Waals surface area contributed by atoms with Crippen LogP contribution in [0, 0.1) is 0 Å². The van der Waals surface area contributed by atoms with Crippen molar-refractivity contribution in [2.45, 2.75) is 17.7 Å². The Kier molecular flexibility index (Phi) is 6.06. The lowest BCUT2D eigenvalue weighted by Crippen LogP contribution is -2.26. The molecule has 0 heterocycles. The van der Waals surface area contributed by atoms with Crippen molar-refractivity contribution in [3.05, 3.63) is 23.2 Å². The summed E-state index contributed by atoms with van der Waals surface area (Å²) >= 11 is 5.74. The van der Waals surface area contributed by atoms with Crippen molar-refractivity contribution in [1.29, 1.82) is 0 Å². The lowest BCUT2D eigenvalue weighted by atomic mass is 10.3. The minimum Gasteiger partial charge on any atom is -0.398 e. The van der Waals surface area contributed by atoms with Crippen LogP contribution in [0.1, 0.15) is 12.8 Å². The van der Waals surface area contributed by atoms with E-state index in [0.29, 0.717) is 11.6 Å². The highest BCUT2D eigenvalue weighted by Gasteiger charge is 2.16. The van der Waals surface area contributed by atoms with Gasteiger partial charge in [-0.15, -0.1) is 0 Å². The first-order chi connectivity index (χ1) is 8.83. The van der Waals surface area contributed by atoms with Crippen molar-refractivity contribution in [2.75, 3.05) is 32.9 Å². The van der Waals surface area contributed by atoms with Crippen LogP contribution in [0.15, 0.2) is 23.1 Å². The molecule has 7 heteroatoms. The number of rotatable bonds is 7. The summed E-state index contributed by atoms with van der Waals surface area (Å²) in [7, 11) is 0.414. The molecule has 3 N–H and O–H groups in total. The van der Waals surface area contributed by atoms with E-state index in [9.17, 15) is 8.42 Å². The molecule has 0 radical (unpaired) electrons. The van der Waals surface area contributed by atoms with Crippen molar-refractivity contribution >= 4 is 27.3 Å². The van der Waals surface area contributed by atoms with Gasteiger partial charge in [-0.2, -0.15) is 0 Å². The summed E-state index contributed by atoms with van der Waals surface area (Å²) in [5.74, 6) is 0. The van der Waals surface area contributed by atoms with E-state index in [0.717, 1.165) is 19.4 Å². The molecular formula is C12H20ClN3O2S. The number of halogens is 1. The van der Waals surface area contributed by atoms with Crippen LogP contribution in [0.25, 0.3) is 0 Å². The predicted octanol–water partition coefficient (Wildman–Crippen LogP) is 1.54. The quantitative estimate of drug-likeness (QED) is 0.592. The third kappa shape index (κ3) is 5.36. The van der Waals surface area contributed by atoms with Gasteiger partial charge in [-0.3, -0.25) is 0 Å². The van der Waals surface area contributed by atoms with Crippen LogP contribution in [0.2, 0.25) is 5.02 Å². The van der Waals surface area contributed by atoms with Crippen molar-refractivity contribution in [3.63, 3.8) is 0 Å². The van der Waals surface area contributed by atoms with E-state index in [2.05, 4.69) is 9.62 Å². The van der Waals surface area contributed by atoms with Gasteiger partial charge in [0.2, 0.25) is 10.0 Å². The van der Waals surface area contributed by atoms with Gasteiger partial charge < -0.3 is 10.6 Å². The molecular weight excluding hydrogens is 286 g/mol. The molecule has 0 aliphatic heterocycles. The first kappa shape index (κ1) is 16.2. The van der Waals surface area contributed by atoms with Gasteiger partial charge in [-0.1, -0.05) is 11.6 Å². The monoisotopic (exact) mass is 305 g/mol. The van der Waals surface area contributed by atoms with Gasteiger partial charge in [-0.25, -0.2) is 13.1 Å². The molecule has 0 bridgehead atoms. The van der Waals surface area contributed by atoms with Gasteiger partial charge in [0, 0.05) is 11.6 Å². The highest BCUT2D eigenvalue weighted by Crippen LogP contribution is 2.22. The Balaban J connectivity index is 2.56. The zero-order valence-electron chi connectivity index (χ0n) is 11.2. The fourth-order valence-corrected chi connectivity index (χ4v) is 2.97. The van der Waals surface area contributed by atoms with E-state index in [4.69, 9.17) is 17.3 Å². The number of nitrogens with zero attached hydrogens (tertiary/aromatic N) is 1. The molecule has 0 saturated heterocycles. The van der Waals surface area contributed by atoms with Crippen LogP contribution in [0.3, 0.4) is 0 Å². The van der Waals surface area contributed by atoms with E-state index in [1.54, 1.807) is 0 Å². The number of nitrogen functional groups attached to an aromatic ring is 1. The Morgan fingerprint density at radius 3 is 2.58 bits per heavy atom. The normalized spacial score (nSPS) is 12.0. The van der Waals surface area contributed by atoms with Crippen LogP contribution in [-0.2, 0) is 10.0 Å². The molecule has 0 aromatic heterocycles. The molecule has 0 spiro atoms. The Morgan fingerprint density at radius 1 is 1.32 bits per heavy atom. The molecule has 5 nitrogen and oxygen atoms in total. The van der Waals surface area contributed by atoms with Gasteiger partial charge in [-0.05, 0) is 51.7 Å². The van der Waals surface area contributed by atoms with Gasteiger partial charge in [0.05, 0.1) is 5.69 Å². The smallest absolute Gasteiger partial charge is 0.242 e. The van der Waals surface area contributed by atoms with E-state index in [1.807, 2.05) is 14.1 Å². The molecule has 1 aromatic carbocycles. The van der Waals surface area contributed by atoms with E-state index >= 15 is 0 Å². The van der Waals surface area contributed by atoms with Gasteiger partial charge in [0.25, 0.3) is 0 Å². The topological polar surface area (TPSA) is 75.4 Å². The lowest BCUT2D eigenvalue weighted by molar-refractivity contribution is 0.394. The number of nitrogens with two attached hydrogens (primary N) is 1. The Labute approximate surface area is 119 Å². The molecule has 1 aromatic rings. The molecule has 19 heavy (non-hydrogen) atoms. The second kappa shape index (κ2) is 7.09. The Hall–Kier alpha value is -0.820. The molecule has 1 rings (SSSR count). The second-order valence-electron chi connectivity index (χ2n) is 4.59. The van der Waals surface area contributed by atoms with Crippen molar-refractivity contribution < 1.29 is 8.42 Å². The summed E-state index contributed by atoms with van der Waals surface area (Å²) in [6.45, 7) is 1.34. The number of unbranched alkanes of at least 4 members (excludes halogenated alkanes) is 1. The van der Waals surface area contributed by atoms with Gasteiger partial charge in [0.1, 0.15) is 4.90 Å². The summed E-state index contributed by atoms with van der Waals surface area (Å²) in [6, 6.07) is 4.36. The molecule has 108 valence electrons. The predicted molar refractivity (Wildman–Crippen MR) is 78.8 cm³/mol. The Bertz CT molecular complexity index is 518. The number of hydrogen-bond donors (Lipinski definition) is 2. The number of benzene rings is 1. The third-order valence-electron chi connectivity index (χ3n) is 2.59. The molecule has 0 aliphatic rings. The van der Waals surface area contributed by atoms with Crippen LogP contribution in [-0.4, -0.2) is 40.5 Å². The van der Waals surface area contributed by atoms with Gasteiger partial charge >= 0.3 is 0 Å². The maximum Gasteiger partial charge on any atom is 0.242 e. The van der Waals surface area contributed by atoms with Crippen LogP contribution in [0.4, 0.5) is 5.69 Å². The number of sulfonamides is 1. The minimum absolute atomic E-state index is 0.0736. The van der Waals surface area contributed by atoms with Gasteiger partial charge in [0.15, 0.2) is 0 Å². The van der Waals surface area contributed by atoms with Crippen LogP contribution in [0.5, 0.6) is 0 Å². The molecule has 0 atom stereocenters. The van der Waals surface area contributed by atoms with E-state index in [-0.39, 0.29) is 10.6 Å².